The molecule has 11 rings (SSSR count). The second-order valence-corrected chi connectivity index (χ2v) is 15.1. The Morgan fingerprint density at radius 2 is 0.945 bits per heavy atom. The van der Waals surface area contributed by atoms with Gasteiger partial charge in [-0.2, -0.15) is 0 Å². The fourth-order valence-corrected chi connectivity index (χ4v) is 9.53. The highest BCUT2D eigenvalue weighted by molar-refractivity contribution is 7.26. The molecule has 9 aromatic carbocycles. The van der Waals surface area contributed by atoms with E-state index in [9.17, 15) is 0 Å². The highest BCUT2D eigenvalue weighted by Gasteiger charge is 2.24. The van der Waals surface area contributed by atoms with E-state index in [1.165, 1.54) is 31.3 Å². The van der Waals surface area contributed by atoms with Crippen LogP contribution in [-0.2, 0) is 0 Å². The first-order valence-electron chi connectivity index (χ1n) is 18.7. The van der Waals surface area contributed by atoms with E-state index in [1.807, 2.05) is 11.3 Å². The molecule has 55 heavy (non-hydrogen) atoms. The Morgan fingerprint density at radius 3 is 1.69 bits per heavy atom. The SMILES string of the molecule is c1ccc(-c2ccc(N(c3cc4c5ccc(-c6ccccc6)c(-c6ccccc6)c5oc4c4ccccc34)c3cccc4c3sc3ccccc34)cc2)cc1. The average Bonchev–Trinajstić information content (AvgIpc) is 3.84. The van der Waals surface area contributed by atoms with Crippen molar-refractivity contribution in [3.8, 4) is 33.4 Å². The number of rotatable bonds is 6. The van der Waals surface area contributed by atoms with Gasteiger partial charge in [0.05, 0.1) is 16.1 Å². The lowest BCUT2D eigenvalue weighted by molar-refractivity contribution is 0.674. The normalized spacial score (nSPS) is 11.6. The van der Waals surface area contributed by atoms with Gasteiger partial charge in [0.25, 0.3) is 0 Å². The van der Waals surface area contributed by atoms with Gasteiger partial charge in [0.1, 0.15) is 11.2 Å². The van der Waals surface area contributed by atoms with Crippen molar-refractivity contribution in [2.24, 2.45) is 0 Å². The maximum Gasteiger partial charge on any atom is 0.143 e. The van der Waals surface area contributed by atoms with Gasteiger partial charge in [-0.1, -0.05) is 164 Å². The van der Waals surface area contributed by atoms with Gasteiger partial charge in [-0.05, 0) is 64.2 Å². The van der Waals surface area contributed by atoms with Gasteiger partial charge in [-0.25, -0.2) is 0 Å². The van der Waals surface area contributed by atoms with Crippen LogP contribution in [0.15, 0.2) is 205 Å². The molecule has 0 bridgehead atoms. The van der Waals surface area contributed by atoms with Gasteiger partial charge in [0, 0.05) is 48.3 Å². The van der Waals surface area contributed by atoms with E-state index in [1.54, 1.807) is 0 Å². The molecule has 258 valence electrons. The fraction of sp³-hybridized carbons (Fsp3) is 0. The molecule has 0 aliphatic carbocycles. The van der Waals surface area contributed by atoms with E-state index in [0.29, 0.717) is 0 Å². The molecule has 0 spiro atoms. The molecular formula is C52H33NOS. The summed E-state index contributed by atoms with van der Waals surface area (Å²) in [6.07, 6.45) is 0. The van der Waals surface area contributed by atoms with Crippen LogP contribution in [0.5, 0.6) is 0 Å². The van der Waals surface area contributed by atoms with Crippen LogP contribution < -0.4 is 4.90 Å². The van der Waals surface area contributed by atoms with Crippen molar-refractivity contribution in [1.82, 2.24) is 0 Å². The molecule has 3 heteroatoms. The van der Waals surface area contributed by atoms with E-state index in [-0.39, 0.29) is 0 Å². The lowest BCUT2D eigenvalue weighted by Crippen LogP contribution is -2.10. The third-order valence-electron chi connectivity index (χ3n) is 10.9. The first-order valence-corrected chi connectivity index (χ1v) is 19.5. The zero-order valence-corrected chi connectivity index (χ0v) is 30.6. The number of hydrogen-bond acceptors (Lipinski definition) is 3. The summed E-state index contributed by atoms with van der Waals surface area (Å²) in [5, 5.41) is 6.95. The van der Waals surface area contributed by atoms with E-state index in [4.69, 9.17) is 4.42 Å². The topological polar surface area (TPSA) is 16.4 Å². The van der Waals surface area contributed by atoms with Crippen LogP contribution >= 0.6 is 11.3 Å². The van der Waals surface area contributed by atoms with Crippen LogP contribution in [0.4, 0.5) is 17.1 Å². The standard InChI is InChI=1S/C52H33NOS/c1-4-15-34(16-5-1)35-27-29-38(30-28-35)53(46-25-14-24-44-41-22-12-13-26-48(41)55-52(44)46)47-33-45-43-32-31-39(36-17-6-2-7-18-36)49(37-19-8-3-9-20-37)51(43)54-50(45)42-23-11-10-21-40(42)47/h1-33H. The monoisotopic (exact) mass is 719 g/mol. The summed E-state index contributed by atoms with van der Waals surface area (Å²) in [6.45, 7) is 0. The molecule has 0 radical (unpaired) electrons. The molecule has 11 aromatic rings. The van der Waals surface area contributed by atoms with E-state index in [2.05, 4.69) is 205 Å². The van der Waals surface area contributed by atoms with Gasteiger partial charge < -0.3 is 9.32 Å². The predicted octanol–water partition coefficient (Wildman–Crippen LogP) is 15.6. The molecule has 0 unspecified atom stereocenters. The van der Waals surface area contributed by atoms with Crippen LogP contribution in [0.2, 0.25) is 0 Å². The minimum absolute atomic E-state index is 0.898. The molecule has 0 fully saturated rings. The third-order valence-corrected chi connectivity index (χ3v) is 12.1. The Hall–Kier alpha value is -6.94. The molecule has 2 aromatic heterocycles. The molecule has 0 amide bonds. The molecule has 0 N–H and O–H groups in total. The Bertz CT molecular complexity index is 3180. The van der Waals surface area contributed by atoms with Crippen molar-refractivity contribution in [3.05, 3.63) is 200 Å². The molecule has 2 heterocycles. The van der Waals surface area contributed by atoms with Crippen LogP contribution in [0.1, 0.15) is 0 Å². The number of anilines is 3. The first kappa shape index (κ1) is 31.6. The minimum Gasteiger partial charge on any atom is -0.455 e. The fourth-order valence-electron chi connectivity index (χ4n) is 8.33. The predicted molar refractivity (Wildman–Crippen MR) is 235 cm³/mol. The summed E-state index contributed by atoms with van der Waals surface area (Å²) in [5.41, 5.74) is 12.1. The summed E-state index contributed by atoms with van der Waals surface area (Å²) in [6, 6.07) is 72.0. The van der Waals surface area contributed by atoms with Crippen molar-refractivity contribution < 1.29 is 4.42 Å². The van der Waals surface area contributed by atoms with E-state index < -0.39 is 0 Å². The molecule has 0 aliphatic rings. The van der Waals surface area contributed by atoms with Crippen molar-refractivity contribution in [1.29, 1.82) is 0 Å². The smallest absolute Gasteiger partial charge is 0.143 e. The molecule has 0 saturated carbocycles. The van der Waals surface area contributed by atoms with Crippen molar-refractivity contribution in [2.75, 3.05) is 4.90 Å². The van der Waals surface area contributed by atoms with Crippen molar-refractivity contribution in [2.45, 2.75) is 0 Å². The molecular weight excluding hydrogens is 687 g/mol. The van der Waals surface area contributed by atoms with Gasteiger partial charge in [0.15, 0.2) is 0 Å². The second-order valence-electron chi connectivity index (χ2n) is 14.0. The molecule has 0 atom stereocenters. The third kappa shape index (κ3) is 5.16. The lowest BCUT2D eigenvalue weighted by atomic mass is 9.92. The van der Waals surface area contributed by atoms with Gasteiger partial charge in [0.2, 0.25) is 0 Å². The van der Waals surface area contributed by atoms with Gasteiger partial charge in [-0.3, -0.25) is 0 Å². The number of nitrogens with zero attached hydrogens (tertiary/aromatic N) is 1. The quantitative estimate of drug-likeness (QED) is 0.170. The maximum absolute atomic E-state index is 7.12. The summed E-state index contributed by atoms with van der Waals surface area (Å²) in [4.78, 5) is 2.46. The van der Waals surface area contributed by atoms with Crippen LogP contribution in [0.3, 0.4) is 0 Å². The first-order chi connectivity index (χ1) is 27.3. The molecule has 2 nitrogen and oxygen atoms in total. The van der Waals surface area contributed by atoms with Crippen molar-refractivity contribution in [3.63, 3.8) is 0 Å². The Morgan fingerprint density at radius 1 is 0.364 bits per heavy atom. The van der Waals surface area contributed by atoms with Crippen molar-refractivity contribution >= 4 is 81.3 Å². The highest BCUT2D eigenvalue weighted by atomic mass is 32.1. The van der Waals surface area contributed by atoms with Crippen LogP contribution in [0, 0.1) is 0 Å². The zero-order valence-electron chi connectivity index (χ0n) is 29.8. The lowest BCUT2D eigenvalue weighted by Gasteiger charge is -2.28. The number of thiophene rings is 1. The maximum atomic E-state index is 7.12. The molecule has 0 aliphatic heterocycles. The van der Waals surface area contributed by atoms with E-state index >= 15 is 0 Å². The summed E-state index contributed by atoms with van der Waals surface area (Å²) < 4.78 is 9.66. The van der Waals surface area contributed by atoms with Gasteiger partial charge in [-0.15, -0.1) is 11.3 Å². The van der Waals surface area contributed by atoms with Gasteiger partial charge >= 0.3 is 0 Å². The summed E-state index contributed by atoms with van der Waals surface area (Å²) in [5.74, 6) is 0. The highest BCUT2D eigenvalue weighted by Crippen LogP contribution is 2.50. The van der Waals surface area contributed by atoms with E-state index in [0.717, 1.165) is 72.0 Å². The number of fused-ring (bicyclic) bond motifs is 8. The largest absolute Gasteiger partial charge is 0.455 e. The average molecular weight is 720 g/mol. The summed E-state index contributed by atoms with van der Waals surface area (Å²) in [7, 11) is 0. The van der Waals surface area contributed by atoms with Crippen LogP contribution in [-0.4, -0.2) is 0 Å². The van der Waals surface area contributed by atoms with Crippen LogP contribution in [0.25, 0.3) is 86.3 Å². The Labute approximate surface area is 322 Å². The number of hydrogen-bond donors (Lipinski definition) is 0. The number of benzene rings is 9. The minimum atomic E-state index is 0.898. The zero-order chi connectivity index (χ0) is 36.3. The molecule has 0 saturated heterocycles. The number of furan rings is 1. The Kier molecular flexibility index (Phi) is 7.39. The summed E-state index contributed by atoms with van der Waals surface area (Å²) >= 11 is 1.86. The second kappa shape index (κ2) is 12.9. The Balaban J connectivity index is 1.22.